The van der Waals surface area contributed by atoms with Gasteiger partial charge in [0.15, 0.2) is 0 Å². The van der Waals surface area contributed by atoms with Crippen molar-refractivity contribution >= 4 is 35.0 Å². The fourth-order valence-electron chi connectivity index (χ4n) is 1.58. The molecule has 1 amide bonds. The van der Waals surface area contributed by atoms with Crippen molar-refractivity contribution in [1.29, 1.82) is 0 Å². The molecule has 0 aliphatic heterocycles. The van der Waals surface area contributed by atoms with Crippen LogP contribution in [0, 0.1) is 5.82 Å². The van der Waals surface area contributed by atoms with E-state index < -0.39 is 11.7 Å². The van der Waals surface area contributed by atoms with Crippen LogP contribution >= 0.6 is 23.4 Å². The number of nitrogens with two attached hydrogens (primary N) is 2. The minimum Gasteiger partial charge on any atom is -0.398 e. The number of halogens is 2. The van der Waals surface area contributed by atoms with Gasteiger partial charge in [0.2, 0.25) is 5.91 Å². The summed E-state index contributed by atoms with van der Waals surface area (Å²) in [6, 6.07) is 9.48. The third kappa shape index (κ3) is 3.43. The molecule has 0 heterocycles. The maximum absolute atomic E-state index is 13.8. The molecule has 0 bridgehead atoms. The van der Waals surface area contributed by atoms with Gasteiger partial charge in [-0.25, -0.2) is 4.39 Å². The number of hydrogen-bond acceptors (Lipinski definition) is 3. The van der Waals surface area contributed by atoms with Gasteiger partial charge >= 0.3 is 0 Å². The van der Waals surface area contributed by atoms with Crippen molar-refractivity contribution in [3.05, 3.63) is 58.4 Å². The summed E-state index contributed by atoms with van der Waals surface area (Å²) in [5.74, 6) is -0.672. The standard InChI is InChI=1S/C14H12ClFN2OS/c15-11-6-10(3-4-13(11)17)20-7-9-2-1-8(14(18)19)5-12(9)16/h1-6H,7,17H2,(H2,18,19). The lowest BCUT2D eigenvalue weighted by atomic mass is 10.1. The summed E-state index contributed by atoms with van der Waals surface area (Å²) in [5.41, 5.74) is 11.9. The van der Waals surface area contributed by atoms with E-state index >= 15 is 0 Å². The highest BCUT2D eigenvalue weighted by atomic mass is 35.5. The molecule has 2 aromatic rings. The smallest absolute Gasteiger partial charge is 0.248 e. The van der Waals surface area contributed by atoms with Crippen molar-refractivity contribution in [2.45, 2.75) is 10.6 Å². The van der Waals surface area contributed by atoms with Crippen LogP contribution in [0.15, 0.2) is 41.3 Å². The maximum atomic E-state index is 13.8. The summed E-state index contributed by atoms with van der Waals surface area (Å²) in [4.78, 5) is 11.8. The lowest BCUT2D eigenvalue weighted by molar-refractivity contribution is 0.1000. The molecule has 2 rings (SSSR count). The zero-order chi connectivity index (χ0) is 14.7. The molecule has 0 fully saturated rings. The van der Waals surface area contributed by atoms with E-state index in [9.17, 15) is 9.18 Å². The Hall–Kier alpha value is -1.72. The SMILES string of the molecule is NC(=O)c1ccc(CSc2ccc(N)c(Cl)c2)c(F)c1. The van der Waals surface area contributed by atoms with E-state index in [1.165, 1.54) is 17.8 Å². The van der Waals surface area contributed by atoms with Gasteiger partial charge in [-0.05, 0) is 35.9 Å². The highest BCUT2D eigenvalue weighted by molar-refractivity contribution is 7.98. The summed E-state index contributed by atoms with van der Waals surface area (Å²) in [7, 11) is 0. The highest BCUT2D eigenvalue weighted by Crippen LogP contribution is 2.29. The summed E-state index contributed by atoms with van der Waals surface area (Å²) >= 11 is 7.35. The Morgan fingerprint density at radius 2 is 2.00 bits per heavy atom. The van der Waals surface area contributed by atoms with Crippen LogP contribution in [0.2, 0.25) is 5.02 Å². The topological polar surface area (TPSA) is 69.1 Å². The van der Waals surface area contributed by atoms with Crippen molar-refractivity contribution < 1.29 is 9.18 Å². The minimum absolute atomic E-state index is 0.159. The Morgan fingerprint density at radius 1 is 1.25 bits per heavy atom. The van der Waals surface area contributed by atoms with Gasteiger partial charge in [0, 0.05) is 16.2 Å². The number of thioether (sulfide) groups is 1. The van der Waals surface area contributed by atoms with Crippen molar-refractivity contribution in [3.63, 3.8) is 0 Å². The molecule has 3 nitrogen and oxygen atoms in total. The lowest BCUT2D eigenvalue weighted by Gasteiger charge is -2.06. The number of hydrogen-bond donors (Lipinski definition) is 2. The predicted molar refractivity (Wildman–Crippen MR) is 80.3 cm³/mol. The monoisotopic (exact) mass is 310 g/mol. The van der Waals surface area contributed by atoms with Crippen LogP contribution < -0.4 is 11.5 Å². The van der Waals surface area contributed by atoms with E-state index in [1.54, 1.807) is 18.2 Å². The molecular weight excluding hydrogens is 299 g/mol. The molecule has 0 atom stereocenters. The van der Waals surface area contributed by atoms with E-state index in [2.05, 4.69) is 0 Å². The number of amides is 1. The van der Waals surface area contributed by atoms with Crippen LogP contribution in [0.5, 0.6) is 0 Å². The molecule has 0 radical (unpaired) electrons. The number of nitrogen functional groups attached to an aromatic ring is 1. The molecule has 0 saturated heterocycles. The fraction of sp³-hybridized carbons (Fsp3) is 0.0714. The molecule has 0 spiro atoms. The molecule has 2 aromatic carbocycles. The first-order valence-electron chi connectivity index (χ1n) is 5.73. The molecule has 104 valence electrons. The Labute approximate surface area is 125 Å². The predicted octanol–water partition coefficient (Wildman–Crippen LogP) is 3.45. The first-order valence-corrected chi connectivity index (χ1v) is 7.10. The fourth-order valence-corrected chi connectivity index (χ4v) is 2.74. The van der Waals surface area contributed by atoms with Crippen molar-refractivity contribution in [1.82, 2.24) is 0 Å². The number of benzene rings is 2. The number of rotatable bonds is 4. The molecular formula is C14H12ClFN2OS. The molecule has 0 aromatic heterocycles. The summed E-state index contributed by atoms with van der Waals surface area (Å²) in [6.07, 6.45) is 0. The Balaban J connectivity index is 2.10. The van der Waals surface area contributed by atoms with Crippen molar-refractivity contribution in [2.24, 2.45) is 5.73 Å². The third-order valence-electron chi connectivity index (χ3n) is 2.70. The molecule has 0 unspecified atom stereocenters. The summed E-state index contributed by atoms with van der Waals surface area (Å²) in [5, 5.41) is 0.472. The van der Waals surface area contributed by atoms with Crippen molar-refractivity contribution in [3.8, 4) is 0 Å². The minimum atomic E-state index is -0.645. The molecule has 4 N–H and O–H groups in total. The zero-order valence-corrected chi connectivity index (χ0v) is 12.0. The number of carbonyl (C=O) groups excluding carboxylic acids is 1. The van der Waals surface area contributed by atoms with Crippen LogP contribution in [0.4, 0.5) is 10.1 Å². The second-order valence-corrected chi connectivity index (χ2v) is 5.60. The van der Waals surface area contributed by atoms with Gasteiger partial charge in [-0.1, -0.05) is 17.7 Å². The second kappa shape index (κ2) is 6.15. The Morgan fingerprint density at radius 3 is 2.60 bits per heavy atom. The van der Waals surface area contributed by atoms with E-state index in [0.717, 1.165) is 11.0 Å². The molecule has 0 aliphatic rings. The van der Waals surface area contributed by atoms with Crippen LogP contribution in [0.1, 0.15) is 15.9 Å². The van der Waals surface area contributed by atoms with E-state index in [-0.39, 0.29) is 5.56 Å². The van der Waals surface area contributed by atoms with Gasteiger partial charge in [0.1, 0.15) is 5.82 Å². The second-order valence-electron chi connectivity index (χ2n) is 4.14. The number of primary amides is 1. The third-order valence-corrected chi connectivity index (χ3v) is 4.07. The molecule has 0 saturated carbocycles. The first-order chi connectivity index (χ1) is 9.47. The van der Waals surface area contributed by atoms with E-state index in [0.29, 0.717) is 22.0 Å². The van der Waals surface area contributed by atoms with E-state index in [1.807, 2.05) is 6.07 Å². The zero-order valence-electron chi connectivity index (χ0n) is 10.4. The van der Waals surface area contributed by atoms with Gasteiger partial charge in [0.25, 0.3) is 0 Å². The van der Waals surface area contributed by atoms with Crippen molar-refractivity contribution in [2.75, 3.05) is 5.73 Å². The van der Waals surface area contributed by atoms with Crippen LogP contribution in [0.25, 0.3) is 0 Å². The molecule has 20 heavy (non-hydrogen) atoms. The first kappa shape index (κ1) is 14.7. The highest BCUT2D eigenvalue weighted by Gasteiger charge is 2.08. The van der Waals surface area contributed by atoms with Gasteiger partial charge in [-0.2, -0.15) is 0 Å². The van der Waals surface area contributed by atoms with Gasteiger partial charge in [-0.15, -0.1) is 11.8 Å². The van der Waals surface area contributed by atoms with Crippen LogP contribution in [-0.4, -0.2) is 5.91 Å². The quantitative estimate of drug-likeness (QED) is 0.671. The number of anilines is 1. The van der Waals surface area contributed by atoms with Crippen LogP contribution in [-0.2, 0) is 5.75 Å². The van der Waals surface area contributed by atoms with E-state index in [4.69, 9.17) is 23.1 Å². The largest absolute Gasteiger partial charge is 0.398 e. The average Bonchev–Trinajstić information content (AvgIpc) is 2.41. The number of carbonyl (C=O) groups is 1. The average molecular weight is 311 g/mol. The van der Waals surface area contributed by atoms with Crippen LogP contribution in [0.3, 0.4) is 0 Å². The summed E-state index contributed by atoms with van der Waals surface area (Å²) in [6.45, 7) is 0. The summed E-state index contributed by atoms with van der Waals surface area (Å²) < 4.78 is 13.8. The molecule has 0 aliphatic carbocycles. The van der Waals surface area contributed by atoms with Gasteiger partial charge in [0.05, 0.1) is 10.7 Å². The van der Waals surface area contributed by atoms with Gasteiger partial charge < -0.3 is 11.5 Å². The normalized spacial score (nSPS) is 10.5. The Bertz CT molecular complexity index is 664. The maximum Gasteiger partial charge on any atom is 0.248 e. The van der Waals surface area contributed by atoms with Gasteiger partial charge in [-0.3, -0.25) is 4.79 Å². The lowest BCUT2D eigenvalue weighted by Crippen LogP contribution is -2.11. The Kier molecular flexibility index (Phi) is 4.52. The molecule has 6 heteroatoms.